The average Bonchev–Trinajstić information content (AvgIpc) is 3.28. The number of anilines is 3. The maximum atomic E-state index is 12.2. The van der Waals surface area contributed by atoms with Crippen LogP contribution in [0.5, 0.6) is 0 Å². The number of carbonyl (C=O) groups excluding carboxylic acids is 2. The predicted molar refractivity (Wildman–Crippen MR) is 99.9 cm³/mol. The molecule has 3 rings (SSSR count). The van der Waals surface area contributed by atoms with Gasteiger partial charge in [0.25, 0.3) is 11.5 Å². The highest BCUT2D eigenvalue weighted by Crippen LogP contribution is 2.19. The van der Waals surface area contributed by atoms with Crippen LogP contribution in [0.15, 0.2) is 32.8 Å². The van der Waals surface area contributed by atoms with Crippen LogP contribution in [0.2, 0.25) is 0 Å². The second kappa shape index (κ2) is 8.01. The highest BCUT2D eigenvalue weighted by atomic mass is 32.2. The largest absolute Gasteiger partial charge is 0.459 e. The first-order valence-corrected chi connectivity index (χ1v) is 9.20. The van der Waals surface area contributed by atoms with E-state index in [0.717, 1.165) is 16.8 Å². The van der Waals surface area contributed by atoms with E-state index in [1.165, 1.54) is 29.7 Å². The van der Waals surface area contributed by atoms with Gasteiger partial charge in [0.2, 0.25) is 11.0 Å². The molecule has 11 nitrogen and oxygen atoms in total. The van der Waals surface area contributed by atoms with E-state index >= 15 is 0 Å². The minimum Gasteiger partial charge on any atom is -0.459 e. The summed E-state index contributed by atoms with van der Waals surface area (Å²) in [5.74, 6) is -1.16. The molecule has 0 aliphatic rings. The topological polar surface area (TPSA) is 169 Å². The number of nitrogens with one attached hydrogen (secondary N) is 3. The van der Waals surface area contributed by atoms with Gasteiger partial charge in [-0.2, -0.15) is 0 Å². The smallest absolute Gasteiger partial charge is 0.291 e. The standard InChI is InChI=1S/C14H13N7O4S2/c1-6-20-21-14(27-6)16-8(22)5-26-13-18-10(15)9(12(24)19-13)17-11(23)7-3-2-4-25-7/h2-4H,5H2,1H3,(H,17,23)(H,16,21,22)(H3,15,18,19,24). The minimum absolute atomic E-state index is 0.0239. The minimum atomic E-state index is -0.648. The third kappa shape index (κ3) is 4.71. The highest BCUT2D eigenvalue weighted by molar-refractivity contribution is 7.99. The van der Waals surface area contributed by atoms with Crippen molar-refractivity contribution < 1.29 is 14.0 Å². The molecule has 0 atom stereocenters. The number of hydrogen-bond acceptors (Lipinski definition) is 10. The number of aromatic nitrogens is 4. The monoisotopic (exact) mass is 407 g/mol. The van der Waals surface area contributed by atoms with Gasteiger partial charge < -0.3 is 15.5 Å². The molecule has 2 amide bonds. The summed E-state index contributed by atoms with van der Waals surface area (Å²) in [6.45, 7) is 1.77. The SMILES string of the molecule is Cc1nnc(NC(=O)CSc2nc(N)c(NC(=O)c3ccco3)c(=O)[nH]2)s1. The molecule has 0 fully saturated rings. The van der Waals surface area contributed by atoms with Crippen molar-refractivity contribution in [2.45, 2.75) is 12.1 Å². The van der Waals surface area contributed by atoms with Crippen molar-refractivity contribution in [3.8, 4) is 0 Å². The Labute approximate surface area is 159 Å². The van der Waals surface area contributed by atoms with Gasteiger partial charge in [-0.1, -0.05) is 23.1 Å². The summed E-state index contributed by atoms with van der Waals surface area (Å²) >= 11 is 2.22. The Hall–Kier alpha value is -3.19. The van der Waals surface area contributed by atoms with Crippen molar-refractivity contribution in [3.63, 3.8) is 0 Å². The molecule has 13 heteroatoms. The van der Waals surface area contributed by atoms with Gasteiger partial charge >= 0.3 is 0 Å². The molecule has 0 aliphatic carbocycles. The summed E-state index contributed by atoms with van der Waals surface area (Å²) in [5, 5.41) is 13.7. The normalized spacial score (nSPS) is 10.6. The lowest BCUT2D eigenvalue weighted by Crippen LogP contribution is -2.23. The Bertz CT molecular complexity index is 1030. The first kappa shape index (κ1) is 18.6. The molecule has 27 heavy (non-hydrogen) atoms. The van der Waals surface area contributed by atoms with Crippen LogP contribution < -0.4 is 21.9 Å². The number of nitrogens with two attached hydrogens (primary N) is 1. The Morgan fingerprint density at radius 1 is 1.37 bits per heavy atom. The molecular formula is C14H13N7O4S2. The van der Waals surface area contributed by atoms with Gasteiger partial charge in [0.05, 0.1) is 12.0 Å². The molecule has 0 saturated carbocycles. The lowest BCUT2D eigenvalue weighted by Gasteiger charge is -2.07. The second-order valence-corrected chi connectivity index (χ2v) is 7.17. The summed E-state index contributed by atoms with van der Waals surface area (Å²) in [6.07, 6.45) is 1.33. The third-order valence-electron chi connectivity index (χ3n) is 3.02. The van der Waals surface area contributed by atoms with Crippen LogP contribution >= 0.6 is 23.1 Å². The lowest BCUT2D eigenvalue weighted by atomic mass is 10.4. The number of rotatable bonds is 6. The molecule has 0 saturated heterocycles. The van der Waals surface area contributed by atoms with Crippen LogP contribution in [0.1, 0.15) is 15.6 Å². The number of nitrogen functional groups attached to an aromatic ring is 1. The first-order valence-electron chi connectivity index (χ1n) is 7.40. The number of hydrogen-bond donors (Lipinski definition) is 4. The maximum Gasteiger partial charge on any atom is 0.291 e. The van der Waals surface area contributed by atoms with Crippen LogP contribution in [-0.4, -0.2) is 37.7 Å². The summed E-state index contributed by atoms with van der Waals surface area (Å²) in [4.78, 5) is 42.4. The molecule has 3 aromatic rings. The van der Waals surface area contributed by atoms with E-state index in [1.54, 1.807) is 6.92 Å². The zero-order chi connectivity index (χ0) is 19.4. The molecule has 0 spiro atoms. The van der Waals surface area contributed by atoms with Gasteiger partial charge in [-0.05, 0) is 19.1 Å². The summed E-state index contributed by atoms with van der Waals surface area (Å²) in [5.41, 5.74) is 4.90. The van der Waals surface area contributed by atoms with Gasteiger partial charge in [-0.3, -0.25) is 24.7 Å². The van der Waals surface area contributed by atoms with Crippen molar-refractivity contribution in [1.29, 1.82) is 0 Å². The molecule has 3 heterocycles. The van der Waals surface area contributed by atoms with Gasteiger partial charge in [0.1, 0.15) is 5.01 Å². The fourth-order valence-electron chi connectivity index (χ4n) is 1.88. The molecule has 0 radical (unpaired) electrons. The molecular weight excluding hydrogens is 394 g/mol. The first-order chi connectivity index (χ1) is 12.9. The molecule has 0 unspecified atom stereocenters. The van der Waals surface area contributed by atoms with Crippen LogP contribution in [0.3, 0.4) is 0 Å². The maximum absolute atomic E-state index is 12.2. The molecule has 0 bridgehead atoms. The second-order valence-electron chi connectivity index (χ2n) is 5.03. The Kier molecular flexibility index (Phi) is 5.52. The summed E-state index contributed by atoms with van der Waals surface area (Å²) in [6, 6.07) is 2.98. The summed E-state index contributed by atoms with van der Waals surface area (Å²) in [7, 11) is 0. The number of carbonyl (C=O) groups is 2. The van der Waals surface area contributed by atoms with E-state index in [1.807, 2.05) is 0 Å². The van der Waals surface area contributed by atoms with Crippen molar-refractivity contribution >= 4 is 51.5 Å². The molecule has 0 aromatic carbocycles. The van der Waals surface area contributed by atoms with Crippen molar-refractivity contribution in [2.75, 3.05) is 22.1 Å². The number of amides is 2. The van der Waals surface area contributed by atoms with Crippen LogP contribution in [0.25, 0.3) is 0 Å². The number of furan rings is 1. The molecule has 0 aliphatic heterocycles. The number of aryl methyl sites for hydroxylation is 1. The number of aromatic amines is 1. The predicted octanol–water partition coefficient (Wildman–Crippen LogP) is 1.09. The third-order valence-corrected chi connectivity index (χ3v) is 4.65. The van der Waals surface area contributed by atoms with E-state index in [-0.39, 0.29) is 34.1 Å². The fraction of sp³-hybridized carbons (Fsp3) is 0.143. The van der Waals surface area contributed by atoms with Crippen molar-refractivity contribution in [2.24, 2.45) is 0 Å². The highest BCUT2D eigenvalue weighted by Gasteiger charge is 2.16. The van der Waals surface area contributed by atoms with E-state index in [0.29, 0.717) is 5.13 Å². The average molecular weight is 407 g/mol. The molecule has 3 aromatic heterocycles. The Morgan fingerprint density at radius 3 is 2.81 bits per heavy atom. The van der Waals surface area contributed by atoms with Gasteiger partial charge in [-0.25, -0.2) is 4.98 Å². The van der Waals surface area contributed by atoms with Gasteiger partial charge in [0, 0.05) is 0 Å². The number of H-pyrrole nitrogens is 1. The lowest BCUT2D eigenvalue weighted by molar-refractivity contribution is -0.113. The van der Waals surface area contributed by atoms with Crippen LogP contribution in [-0.2, 0) is 4.79 Å². The zero-order valence-corrected chi connectivity index (χ0v) is 15.4. The Morgan fingerprint density at radius 2 is 2.19 bits per heavy atom. The molecule has 140 valence electrons. The van der Waals surface area contributed by atoms with E-state index in [2.05, 4.69) is 30.8 Å². The van der Waals surface area contributed by atoms with E-state index < -0.39 is 11.5 Å². The number of nitrogens with zero attached hydrogens (tertiary/aromatic N) is 3. The molecule has 5 N–H and O–H groups in total. The van der Waals surface area contributed by atoms with Crippen LogP contribution in [0, 0.1) is 6.92 Å². The quantitative estimate of drug-likeness (QED) is 0.345. The van der Waals surface area contributed by atoms with Gasteiger partial charge in [0.15, 0.2) is 22.4 Å². The Balaban J connectivity index is 1.63. The van der Waals surface area contributed by atoms with Crippen molar-refractivity contribution in [1.82, 2.24) is 20.2 Å². The number of thioether (sulfide) groups is 1. The van der Waals surface area contributed by atoms with E-state index in [4.69, 9.17) is 10.2 Å². The van der Waals surface area contributed by atoms with E-state index in [9.17, 15) is 14.4 Å². The van der Waals surface area contributed by atoms with Crippen LogP contribution in [0.4, 0.5) is 16.6 Å². The van der Waals surface area contributed by atoms with Gasteiger partial charge in [-0.15, -0.1) is 10.2 Å². The zero-order valence-electron chi connectivity index (χ0n) is 13.8. The summed E-state index contributed by atoms with van der Waals surface area (Å²) < 4.78 is 4.94. The fourth-order valence-corrected chi connectivity index (χ4v) is 3.15. The van der Waals surface area contributed by atoms with Crippen molar-refractivity contribution in [3.05, 3.63) is 39.5 Å².